The lowest BCUT2D eigenvalue weighted by Gasteiger charge is -1.97. The third kappa shape index (κ3) is 4.47. The molecule has 0 heterocycles. The van der Waals surface area contributed by atoms with Crippen LogP contribution in [-0.4, -0.2) is 12.6 Å². The van der Waals surface area contributed by atoms with E-state index in [2.05, 4.69) is 0 Å². The number of aldehydes is 2. The van der Waals surface area contributed by atoms with Gasteiger partial charge in [0.15, 0.2) is 0 Å². The SMILES string of the molecule is CCc1ccccc1C=O.CCc1ccccc1C=O. The summed E-state index contributed by atoms with van der Waals surface area (Å²) < 4.78 is 0. The van der Waals surface area contributed by atoms with Gasteiger partial charge in [-0.1, -0.05) is 62.4 Å². The Labute approximate surface area is 120 Å². The average molecular weight is 268 g/mol. The first-order valence-electron chi connectivity index (χ1n) is 6.82. The van der Waals surface area contributed by atoms with Gasteiger partial charge in [0.1, 0.15) is 12.6 Å². The molecule has 0 aliphatic carbocycles. The van der Waals surface area contributed by atoms with Gasteiger partial charge in [0, 0.05) is 11.1 Å². The van der Waals surface area contributed by atoms with Crippen LogP contribution in [0.4, 0.5) is 0 Å². The number of benzene rings is 2. The van der Waals surface area contributed by atoms with Gasteiger partial charge in [0.2, 0.25) is 0 Å². The number of aryl methyl sites for hydroxylation is 2. The molecule has 2 rings (SSSR count). The summed E-state index contributed by atoms with van der Waals surface area (Å²) in [5.74, 6) is 0. The Hall–Kier alpha value is -2.22. The maximum atomic E-state index is 10.4. The third-order valence-corrected chi connectivity index (χ3v) is 3.13. The van der Waals surface area contributed by atoms with Gasteiger partial charge in [0.05, 0.1) is 0 Å². The Morgan fingerprint density at radius 2 is 1.05 bits per heavy atom. The lowest BCUT2D eigenvalue weighted by Crippen LogP contribution is -1.88. The van der Waals surface area contributed by atoms with Crippen molar-refractivity contribution in [3.05, 3.63) is 70.8 Å². The zero-order chi connectivity index (χ0) is 14.8. The van der Waals surface area contributed by atoms with Crippen molar-refractivity contribution < 1.29 is 9.59 Å². The van der Waals surface area contributed by atoms with Crippen molar-refractivity contribution in [2.75, 3.05) is 0 Å². The van der Waals surface area contributed by atoms with E-state index in [-0.39, 0.29) is 0 Å². The van der Waals surface area contributed by atoms with E-state index in [0.717, 1.165) is 47.7 Å². The molecule has 2 aromatic carbocycles. The summed E-state index contributed by atoms with van der Waals surface area (Å²) in [5, 5.41) is 0. The lowest BCUT2D eigenvalue weighted by molar-refractivity contribution is 0.111. The van der Waals surface area contributed by atoms with Gasteiger partial charge >= 0.3 is 0 Å². The van der Waals surface area contributed by atoms with Crippen LogP contribution in [0.1, 0.15) is 45.7 Å². The maximum absolute atomic E-state index is 10.4. The summed E-state index contributed by atoms with van der Waals surface area (Å²) in [7, 11) is 0. The van der Waals surface area contributed by atoms with Gasteiger partial charge in [-0.05, 0) is 24.0 Å². The summed E-state index contributed by atoms with van der Waals surface area (Å²) in [5.41, 5.74) is 3.87. The van der Waals surface area contributed by atoms with Crippen molar-refractivity contribution in [2.45, 2.75) is 26.7 Å². The van der Waals surface area contributed by atoms with Crippen LogP contribution >= 0.6 is 0 Å². The number of carbonyl (C=O) groups is 2. The molecule has 0 bridgehead atoms. The van der Waals surface area contributed by atoms with Crippen LogP contribution in [0.5, 0.6) is 0 Å². The Morgan fingerprint density at radius 1 is 0.700 bits per heavy atom. The van der Waals surface area contributed by atoms with Gasteiger partial charge in [-0.2, -0.15) is 0 Å². The molecule has 2 aromatic rings. The van der Waals surface area contributed by atoms with Crippen LogP contribution < -0.4 is 0 Å². The zero-order valence-electron chi connectivity index (χ0n) is 12.0. The van der Waals surface area contributed by atoms with Crippen LogP contribution in [0.3, 0.4) is 0 Å². The summed E-state index contributed by atoms with van der Waals surface area (Å²) in [6.45, 7) is 4.09. The largest absolute Gasteiger partial charge is 0.298 e. The van der Waals surface area contributed by atoms with Crippen LogP contribution in [0.15, 0.2) is 48.5 Å². The molecule has 0 spiro atoms. The standard InChI is InChI=1S/2C9H10O/c2*1-2-8-5-3-4-6-9(8)7-10/h2*3-7H,2H2,1H3. The molecule has 0 atom stereocenters. The minimum atomic E-state index is 0.810. The molecule has 0 amide bonds. The summed E-state index contributed by atoms with van der Waals surface area (Å²) >= 11 is 0. The van der Waals surface area contributed by atoms with E-state index in [9.17, 15) is 9.59 Å². The lowest BCUT2D eigenvalue weighted by atomic mass is 10.1. The molecule has 0 aliphatic rings. The highest BCUT2D eigenvalue weighted by molar-refractivity contribution is 5.77. The fourth-order valence-electron chi connectivity index (χ4n) is 1.94. The first-order chi connectivity index (χ1) is 9.76. The molecule has 0 saturated carbocycles. The average Bonchev–Trinajstić information content (AvgIpc) is 2.55. The fraction of sp³-hybridized carbons (Fsp3) is 0.222. The molecular formula is C18H20O2. The van der Waals surface area contributed by atoms with Crippen LogP contribution in [-0.2, 0) is 12.8 Å². The number of rotatable bonds is 4. The Balaban J connectivity index is 0.000000200. The van der Waals surface area contributed by atoms with E-state index in [1.807, 2.05) is 62.4 Å². The van der Waals surface area contributed by atoms with Gasteiger partial charge in [-0.25, -0.2) is 0 Å². The first kappa shape index (κ1) is 15.8. The predicted octanol–water partition coefficient (Wildman–Crippen LogP) is 4.12. The van der Waals surface area contributed by atoms with Crippen molar-refractivity contribution in [1.82, 2.24) is 0 Å². The summed E-state index contributed by atoms with van der Waals surface area (Å²) in [6, 6.07) is 15.3. The molecule has 0 aromatic heterocycles. The quantitative estimate of drug-likeness (QED) is 0.781. The number of hydrogen-bond donors (Lipinski definition) is 0. The molecule has 2 heteroatoms. The third-order valence-electron chi connectivity index (χ3n) is 3.13. The molecule has 0 radical (unpaired) electrons. The highest BCUT2D eigenvalue weighted by atomic mass is 16.1. The molecule has 0 aliphatic heterocycles. The van der Waals surface area contributed by atoms with E-state index in [0.29, 0.717) is 0 Å². The minimum Gasteiger partial charge on any atom is -0.298 e. The Kier molecular flexibility index (Phi) is 6.97. The smallest absolute Gasteiger partial charge is 0.150 e. The predicted molar refractivity (Wildman–Crippen MR) is 82.4 cm³/mol. The van der Waals surface area contributed by atoms with Crippen molar-refractivity contribution in [3.8, 4) is 0 Å². The second-order valence-electron chi connectivity index (χ2n) is 4.34. The molecule has 2 nitrogen and oxygen atoms in total. The van der Waals surface area contributed by atoms with Crippen molar-refractivity contribution in [1.29, 1.82) is 0 Å². The van der Waals surface area contributed by atoms with Crippen molar-refractivity contribution in [3.63, 3.8) is 0 Å². The normalized spacial score (nSPS) is 9.30. The molecule has 0 N–H and O–H groups in total. The van der Waals surface area contributed by atoms with Gasteiger partial charge in [0.25, 0.3) is 0 Å². The summed E-state index contributed by atoms with van der Waals surface area (Å²) in [4.78, 5) is 20.8. The Morgan fingerprint density at radius 3 is 1.30 bits per heavy atom. The maximum Gasteiger partial charge on any atom is 0.150 e. The highest BCUT2D eigenvalue weighted by Gasteiger charge is 1.95. The summed E-state index contributed by atoms with van der Waals surface area (Å²) in [6.07, 6.45) is 3.65. The molecular weight excluding hydrogens is 248 g/mol. The molecule has 104 valence electrons. The monoisotopic (exact) mass is 268 g/mol. The van der Waals surface area contributed by atoms with Crippen LogP contribution in [0, 0.1) is 0 Å². The Bertz CT molecular complexity index is 507. The van der Waals surface area contributed by atoms with Gasteiger partial charge in [-0.3, -0.25) is 9.59 Å². The molecule has 0 unspecified atom stereocenters. The van der Waals surface area contributed by atoms with Crippen LogP contribution in [0.25, 0.3) is 0 Å². The van der Waals surface area contributed by atoms with Crippen molar-refractivity contribution >= 4 is 12.6 Å². The van der Waals surface area contributed by atoms with Crippen molar-refractivity contribution in [2.24, 2.45) is 0 Å². The van der Waals surface area contributed by atoms with Crippen LogP contribution in [0.2, 0.25) is 0 Å². The van der Waals surface area contributed by atoms with Gasteiger partial charge < -0.3 is 0 Å². The second kappa shape index (κ2) is 8.81. The minimum absolute atomic E-state index is 0.810. The van der Waals surface area contributed by atoms with E-state index in [1.54, 1.807) is 0 Å². The highest BCUT2D eigenvalue weighted by Crippen LogP contribution is 2.06. The zero-order valence-corrected chi connectivity index (χ0v) is 12.0. The topological polar surface area (TPSA) is 34.1 Å². The van der Waals surface area contributed by atoms with E-state index >= 15 is 0 Å². The number of hydrogen-bond acceptors (Lipinski definition) is 2. The van der Waals surface area contributed by atoms with E-state index in [4.69, 9.17) is 0 Å². The molecule has 20 heavy (non-hydrogen) atoms. The fourth-order valence-corrected chi connectivity index (χ4v) is 1.94. The molecule has 0 fully saturated rings. The molecule has 0 saturated heterocycles. The van der Waals surface area contributed by atoms with E-state index < -0.39 is 0 Å². The second-order valence-corrected chi connectivity index (χ2v) is 4.34. The number of carbonyl (C=O) groups excluding carboxylic acids is 2. The van der Waals surface area contributed by atoms with E-state index in [1.165, 1.54) is 0 Å². The van der Waals surface area contributed by atoms with Gasteiger partial charge in [-0.15, -0.1) is 0 Å². The first-order valence-corrected chi connectivity index (χ1v) is 6.82.